The van der Waals surface area contributed by atoms with E-state index in [1.165, 1.54) is 0 Å². The van der Waals surface area contributed by atoms with Gasteiger partial charge in [0.05, 0.1) is 10.0 Å². The Morgan fingerprint density at radius 2 is 2.09 bits per heavy atom. The van der Waals surface area contributed by atoms with Crippen LogP contribution in [0.1, 0.15) is 19.3 Å². The summed E-state index contributed by atoms with van der Waals surface area (Å²) in [4.78, 5) is 26.1. The van der Waals surface area contributed by atoms with E-state index in [2.05, 4.69) is 5.32 Å². The van der Waals surface area contributed by atoms with E-state index in [1.54, 1.807) is 23.1 Å². The maximum atomic E-state index is 12.4. The van der Waals surface area contributed by atoms with Crippen molar-refractivity contribution >= 4 is 40.7 Å². The van der Waals surface area contributed by atoms with E-state index in [9.17, 15) is 9.59 Å². The van der Waals surface area contributed by atoms with Gasteiger partial charge in [-0.1, -0.05) is 23.2 Å². The monoisotopic (exact) mass is 342 g/mol. The van der Waals surface area contributed by atoms with E-state index in [4.69, 9.17) is 27.9 Å². The van der Waals surface area contributed by atoms with Crippen molar-refractivity contribution in [2.45, 2.75) is 31.4 Å². The second-order valence-electron chi connectivity index (χ2n) is 5.44. The van der Waals surface area contributed by atoms with Gasteiger partial charge < -0.3 is 15.0 Å². The molecule has 3 rings (SSSR count). The number of hydrogen-bond acceptors (Lipinski definition) is 3. The van der Waals surface area contributed by atoms with Crippen molar-refractivity contribution in [3.8, 4) is 0 Å². The molecule has 2 amide bonds. The Morgan fingerprint density at radius 3 is 2.77 bits per heavy atom. The summed E-state index contributed by atoms with van der Waals surface area (Å²) in [5.74, 6) is -0.337. The van der Waals surface area contributed by atoms with Crippen molar-refractivity contribution in [2.75, 3.05) is 18.1 Å². The maximum absolute atomic E-state index is 12.4. The van der Waals surface area contributed by atoms with Crippen LogP contribution in [-0.4, -0.2) is 37.1 Å². The number of anilines is 1. The molecule has 2 saturated heterocycles. The number of benzene rings is 1. The van der Waals surface area contributed by atoms with Crippen LogP contribution >= 0.6 is 23.2 Å². The van der Waals surface area contributed by atoms with Crippen LogP contribution in [0.25, 0.3) is 0 Å². The van der Waals surface area contributed by atoms with Crippen LogP contribution in [0.2, 0.25) is 10.0 Å². The molecule has 0 saturated carbocycles. The number of amides is 2. The number of halogens is 2. The van der Waals surface area contributed by atoms with E-state index in [-0.39, 0.29) is 11.8 Å². The van der Waals surface area contributed by atoms with Gasteiger partial charge in [0.2, 0.25) is 11.8 Å². The normalized spacial score (nSPS) is 24.8. The van der Waals surface area contributed by atoms with Crippen molar-refractivity contribution in [2.24, 2.45) is 0 Å². The Balaban J connectivity index is 1.66. The van der Waals surface area contributed by atoms with Gasteiger partial charge in [0, 0.05) is 18.8 Å². The largest absolute Gasteiger partial charge is 0.368 e. The molecule has 2 atom stereocenters. The lowest BCUT2D eigenvalue weighted by Crippen LogP contribution is -2.45. The molecule has 7 heteroatoms. The zero-order valence-electron chi connectivity index (χ0n) is 11.9. The molecule has 0 spiro atoms. The summed E-state index contributed by atoms with van der Waals surface area (Å²) >= 11 is 11.9. The van der Waals surface area contributed by atoms with Crippen molar-refractivity contribution in [1.29, 1.82) is 0 Å². The number of nitrogens with zero attached hydrogens (tertiary/aromatic N) is 1. The second-order valence-corrected chi connectivity index (χ2v) is 6.25. The molecule has 2 heterocycles. The molecule has 22 heavy (non-hydrogen) atoms. The van der Waals surface area contributed by atoms with Gasteiger partial charge in [-0.05, 0) is 37.5 Å². The van der Waals surface area contributed by atoms with Crippen molar-refractivity contribution in [3.63, 3.8) is 0 Å². The fraction of sp³-hybridized carbons (Fsp3) is 0.467. The molecule has 0 aromatic heterocycles. The van der Waals surface area contributed by atoms with Gasteiger partial charge in [-0.15, -0.1) is 0 Å². The third-order valence-electron chi connectivity index (χ3n) is 3.96. The average molecular weight is 343 g/mol. The average Bonchev–Trinajstić information content (AvgIpc) is 3.13. The van der Waals surface area contributed by atoms with Crippen LogP contribution in [-0.2, 0) is 14.3 Å². The molecular formula is C15H16Cl2N2O3. The molecule has 0 bridgehead atoms. The maximum Gasteiger partial charge on any atom is 0.249 e. The standard InChI is InChI=1S/C15H16Cl2N2O3/c16-10-4-3-9(8-11(10)17)19-6-5-12(15(19)21)18-14(20)13-2-1-7-22-13/h3-4,8,12-13H,1-2,5-7H2,(H,18,20)/t12-,13+/m1/s1. The lowest BCUT2D eigenvalue weighted by molar-refractivity contribution is -0.133. The number of ether oxygens (including phenoxy) is 1. The van der Waals surface area contributed by atoms with Gasteiger partial charge >= 0.3 is 0 Å². The predicted octanol–water partition coefficient (Wildman–Crippen LogP) is 2.39. The highest BCUT2D eigenvalue weighted by Gasteiger charge is 2.35. The van der Waals surface area contributed by atoms with Gasteiger partial charge in [0.25, 0.3) is 0 Å². The molecule has 118 valence electrons. The first-order valence-corrected chi connectivity index (χ1v) is 8.00. The van der Waals surface area contributed by atoms with Gasteiger partial charge in [-0.3, -0.25) is 9.59 Å². The molecular weight excluding hydrogens is 327 g/mol. The summed E-state index contributed by atoms with van der Waals surface area (Å²) in [5, 5.41) is 3.63. The summed E-state index contributed by atoms with van der Waals surface area (Å²) in [7, 11) is 0. The van der Waals surface area contributed by atoms with Gasteiger partial charge in [-0.2, -0.15) is 0 Å². The first kappa shape index (κ1) is 15.6. The zero-order chi connectivity index (χ0) is 15.7. The van der Waals surface area contributed by atoms with E-state index >= 15 is 0 Å². The van der Waals surface area contributed by atoms with E-state index in [0.29, 0.717) is 41.7 Å². The minimum atomic E-state index is -0.508. The van der Waals surface area contributed by atoms with Crippen molar-refractivity contribution < 1.29 is 14.3 Å². The number of nitrogens with one attached hydrogen (secondary N) is 1. The third kappa shape index (κ3) is 3.07. The van der Waals surface area contributed by atoms with Crippen LogP contribution in [0.4, 0.5) is 5.69 Å². The minimum absolute atomic E-state index is 0.135. The van der Waals surface area contributed by atoms with E-state index < -0.39 is 12.1 Å². The summed E-state index contributed by atoms with van der Waals surface area (Å²) in [5.41, 5.74) is 0.688. The molecule has 2 aliphatic rings. The number of hydrogen-bond donors (Lipinski definition) is 1. The first-order valence-electron chi connectivity index (χ1n) is 7.24. The summed E-state index contributed by atoms with van der Waals surface area (Å²) < 4.78 is 5.33. The number of carbonyl (C=O) groups is 2. The van der Waals surface area contributed by atoms with Gasteiger partial charge in [0.1, 0.15) is 12.1 Å². The first-order chi connectivity index (χ1) is 10.6. The predicted molar refractivity (Wildman–Crippen MR) is 84.3 cm³/mol. The van der Waals surface area contributed by atoms with Crippen LogP contribution in [0, 0.1) is 0 Å². The van der Waals surface area contributed by atoms with Gasteiger partial charge in [0.15, 0.2) is 0 Å². The summed E-state index contributed by atoms with van der Waals surface area (Å²) in [6.45, 7) is 1.14. The SMILES string of the molecule is O=C(N[C@@H]1CCN(c2ccc(Cl)c(Cl)c2)C1=O)[C@@H]1CCCO1. The van der Waals surface area contributed by atoms with Crippen LogP contribution in [0.15, 0.2) is 18.2 Å². The summed E-state index contributed by atoms with van der Waals surface area (Å²) in [6, 6.07) is 4.55. The Hall–Kier alpha value is -1.30. The second kappa shape index (κ2) is 6.44. The highest BCUT2D eigenvalue weighted by molar-refractivity contribution is 6.42. The smallest absolute Gasteiger partial charge is 0.249 e. The third-order valence-corrected chi connectivity index (χ3v) is 4.70. The highest BCUT2D eigenvalue weighted by Crippen LogP contribution is 2.29. The van der Waals surface area contributed by atoms with Crippen molar-refractivity contribution in [1.82, 2.24) is 5.32 Å². The van der Waals surface area contributed by atoms with E-state index in [1.807, 2.05) is 0 Å². The molecule has 1 N–H and O–H groups in total. The minimum Gasteiger partial charge on any atom is -0.368 e. The van der Waals surface area contributed by atoms with E-state index in [0.717, 1.165) is 6.42 Å². The molecule has 0 unspecified atom stereocenters. The molecule has 5 nitrogen and oxygen atoms in total. The molecule has 1 aromatic rings. The fourth-order valence-electron chi connectivity index (χ4n) is 2.77. The molecule has 2 fully saturated rings. The van der Waals surface area contributed by atoms with Crippen LogP contribution in [0.3, 0.4) is 0 Å². The Labute approximate surface area is 138 Å². The lowest BCUT2D eigenvalue weighted by atomic mass is 10.2. The Kier molecular flexibility index (Phi) is 4.57. The Morgan fingerprint density at radius 1 is 1.27 bits per heavy atom. The highest BCUT2D eigenvalue weighted by atomic mass is 35.5. The van der Waals surface area contributed by atoms with Crippen LogP contribution in [0.5, 0.6) is 0 Å². The number of carbonyl (C=O) groups excluding carboxylic acids is 2. The molecule has 1 aromatic carbocycles. The van der Waals surface area contributed by atoms with Gasteiger partial charge in [-0.25, -0.2) is 0 Å². The quantitative estimate of drug-likeness (QED) is 0.917. The zero-order valence-corrected chi connectivity index (χ0v) is 13.4. The topological polar surface area (TPSA) is 58.6 Å². The molecule has 2 aliphatic heterocycles. The molecule has 0 aliphatic carbocycles. The lowest BCUT2D eigenvalue weighted by Gasteiger charge is -2.18. The number of rotatable bonds is 3. The van der Waals surface area contributed by atoms with Crippen LogP contribution < -0.4 is 10.2 Å². The Bertz CT molecular complexity index is 602. The summed E-state index contributed by atoms with van der Waals surface area (Å²) in [6.07, 6.45) is 1.74. The van der Waals surface area contributed by atoms with Crippen molar-refractivity contribution in [3.05, 3.63) is 28.2 Å². The molecule has 0 radical (unpaired) electrons. The fourth-order valence-corrected chi connectivity index (χ4v) is 3.06.